The molecule has 2 rings (SSSR count). The van der Waals surface area contributed by atoms with E-state index in [4.69, 9.17) is 28.0 Å². The van der Waals surface area contributed by atoms with Gasteiger partial charge in [0, 0.05) is 43.3 Å². The highest BCUT2D eigenvalue weighted by Gasteiger charge is 2.45. The number of nitrogens with zero attached hydrogens (tertiary/aromatic N) is 1. The number of hydrogen-bond acceptors (Lipinski definition) is 11. The fourth-order valence-corrected chi connectivity index (χ4v) is 6.22. The number of nitro benzene ring substituents is 1. The fraction of sp³-hybridized carbons (Fsp3) is 0.593. The molecule has 0 radical (unpaired) electrons. The molecule has 40 heavy (non-hydrogen) atoms. The van der Waals surface area contributed by atoms with Gasteiger partial charge in [0.1, 0.15) is 6.61 Å². The zero-order valence-corrected chi connectivity index (χ0v) is 24.8. The Morgan fingerprint density at radius 2 is 1.55 bits per heavy atom. The highest BCUT2D eigenvalue weighted by Crippen LogP contribution is 2.64. The Morgan fingerprint density at radius 3 is 2.12 bits per heavy atom. The molecule has 1 aliphatic rings. The van der Waals surface area contributed by atoms with Crippen LogP contribution in [0.2, 0.25) is 0 Å². The molecule has 0 aliphatic carbocycles. The maximum atomic E-state index is 14.5. The van der Waals surface area contributed by atoms with Crippen LogP contribution in [0.25, 0.3) is 0 Å². The third-order valence-electron chi connectivity index (χ3n) is 5.85. The molecular weight excluding hydrogens is 543 g/mol. The van der Waals surface area contributed by atoms with Gasteiger partial charge in [-0.2, -0.15) is 0 Å². The van der Waals surface area contributed by atoms with Crippen molar-refractivity contribution in [3.8, 4) is 0 Å². The molecule has 13 heteroatoms. The molecule has 1 aromatic carbocycles. The SMILES string of the molecule is CCCOCCOC(=O)C1=C(C)NC(C)=C(P(=O)(OCCOCC)OCCOCC)C1c1cccc([N+](=O)[O-])c1. The summed E-state index contributed by atoms with van der Waals surface area (Å²) in [6, 6.07) is 5.83. The summed E-state index contributed by atoms with van der Waals surface area (Å²) in [5, 5.41) is 14.9. The van der Waals surface area contributed by atoms with E-state index in [0.717, 1.165) is 6.42 Å². The number of esters is 1. The molecule has 0 fully saturated rings. The predicted octanol–water partition coefficient (Wildman–Crippen LogP) is 5.06. The molecule has 224 valence electrons. The van der Waals surface area contributed by atoms with Gasteiger partial charge < -0.3 is 33.3 Å². The van der Waals surface area contributed by atoms with Gasteiger partial charge in [0.25, 0.3) is 5.69 Å². The Morgan fingerprint density at radius 1 is 0.925 bits per heavy atom. The van der Waals surface area contributed by atoms with Crippen molar-refractivity contribution in [1.29, 1.82) is 0 Å². The number of allylic oxidation sites excluding steroid dienone is 3. The summed E-state index contributed by atoms with van der Waals surface area (Å²) in [4.78, 5) is 24.6. The summed E-state index contributed by atoms with van der Waals surface area (Å²) in [6.07, 6.45) is 0.826. The van der Waals surface area contributed by atoms with Crippen LogP contribution in [-0.4, -0.2) is 70.4 Å². The van der Waals surface area contributed by atoms with Crippen LogP contribution in [0.5, 0.6) is 0 Å². The second-order valence-corrected chi connectivity index (χ2v) is 10.8. The number of benzene rings is 1. The van der Waals surface area contributed by atoms with E-state index in [2.05, 4.69) is 5.32 Å². The van der Waals surface area contributed by atoms with Gasteiger partial charge in [0.05, 0.1) is 54.8 Å². The van der Waals surface area contributed by atoms with Gasteiger partial charge in [-0.15, -0.1) is 0 Å². The van der Waals surface area contributed by atoms with Crippen LogP contribution in [-0.2, 0) is 37.4 Å². The van der Waals surface area contributed by atoms with E-state index in [1.807, 2.05) is 20.8 Å². The van der Waals surface area contributed by atoms with Crippen LogP contribution in [0.4, 0.5) is 5.69 Å². The van der Waals surface area contributed by atoms with Gasteiger partial charge in [-0.25, -0.2) is 4.79 Å². The maximum Gasteiger partial charge on any atom is 0.360 e. The summed E-state index contributed by atoms with van der Waals surface area (Å²) in [7, 11) is -4.12. The van der Waals surface area contributed by atoms with Crippen LogP contribution in [0.3, 0.4) is 0 Å². The molecule has 1 N–H and O–H groups in total. The molecule has 1 atom stereocenters. The minimum atomic E-state index is -4.12. The fourth-order valence-electron chi connectivity index (χ4n) is 4.17. The normalized spacial score (nSPS) is 15.8. The zero-order chi connectivity index (χ0) is 29.5. The molecule has 0 saturated carbocycles. The van der Waals surface area contributed by atoms with Crippen molar-refractivity contribution in [2.75, 3.05) is 59.5 Å². The number of dihydropyridines is 1. The van der Waals surface area contributed by atoms with Crippen molar-refractivity contribution >= 4 is 19.3 Å². The topological polar surface area (TPSA) is 145 Å². The first-order valence-electron chi connectivity index (χ1n) is 13.4. The Balaban J connectivity index is 2.59. The molecule has 0 spiro atoms. The molecule has 12 nitrogen and oxygen atoms in total. The number of nitro groups is 1. The van der Waals surface area contributed by atoms with Gasteiger partial charge in [0.2, 0.25) is 0 Å². The minimum Gasteiger partial charge on any atom is -0.460 e. The van der Waals surface area contributed by atoms with E-state index in [1.54, 1.807) is 19.9 Å². The van der Waals surface area contributed by atoms with E-state index in [0.29, 0.717) is 36.8 Å². The van der Waals surface area contributed by atoms with E-state index >= 15 is 0 Å². The lowest BCUT2D eigenvalue weighted by atomic mass is 9.86. The van der Waals surface area contributed by atoms with Crippen molar-refractivity contribution in [2.24, 2.45) is 0 Å². The van der Waals surface area contributed by atoms with Crippen molar-refractivity contribution in [1.82, 2.24) is 5.32 Å². The summed E-state index contributed by atoms with van der Waals surface area (Å²) >= 11 is 0. The number of ether oxygens (including phenoxy) is 4. The molecule has 0 bridgehead atoms. The van der Waals surface area contributed by atoms with Gasteiger partial charge in [-0.3, -0.25) is 14.7 Å². The number of non-ortho nitro benzene ring substituents is 1. The lowest BCUT2D eigenvalue weighted by Crippen LogP contribution is -2.30. The average molecular weight is 585 g/mol. The van der Waals surface area contributed by atoms with Crippen LogP contribution >= 0.6 is 7.60 Å². The zero-order valence-electron chi connectivity index (χ0n) is 23.9. The van der Waals surface area contributed by atoms with Crippen LogP contribution in [0.1, 0.15) is 52.5 Å². The quantitative estimate of drug-likeness (QED) is 0.0766. The van der Waals surface area contributed by atoms with Gasteiger partial charge in [-0.1, -0.05) is 19.1 Å². The molecule has 1 unspecified atom stereocenters. The van der Waals surface area contributed by atoms with Crippen LogP contribution < -0.4 is 5.32 Å². The number of carbonyl (C=O) groups is 1. The predicted molar refractivity (Wildman–Crippen MR) is 149 cm³/mol. The Kier molecular flexibility index (Phi) is 14.5. The first-order chi connectivity index (χ1) is 19.2. The molecule has 1 aromatic rings. The Hall–Kier alpha value is -2.60. The maximum absolute atomic E-state index is 14.5. The highest BCUT2D eigenvalue weighted by atomic mass is 31.2. The lowest BCUT2D eigenvalue weighted by molar-refractivity contribution is -0.384. The third kappa shape index (κ3) is 9.50. The Bertz CT molecular complexity index is 1090. The van der Waals surface area contributed by atoms with E-state index in [-0.39, 0.29) is 56.2 Å². The van der Waals surface area contributed by atoms with Crippen LogP contribution in [0.15, 0.2) is 46.5 Å². The Labute approximate surface area is 235 Å². The summed E-state index contributed by atoms with van der Waals surface area (Å²) in [5.74, 6) is -1.70. The second kappa shape index (κ2) is 17.3. The summed E-state index contributed by atoms with van der Waals surface area (Å²) in [6.45, 7) is 10.9. The number of hydrogen-bond donors (Lipinski definition) is 1. The molecule has 0 aromatic heterocycles. The van der Waals surface area contributed by atoms with Crippen molar-refractivity contribution < 1.29 is 42.3 Å². The first-order valence-corrected chi connectivity index (χ1v) is 15.0. The number of nitrogens with one attached hydrogen (secondary N) is 1. The molecule has 1 aliphatic heterocycles. The summed E-state index contributed by atoms with van der Waals surface area (Å²) in [5.41, 5.74) is 1.20. The van der Waals surface area contributed by atoms with Gasteiger partial charge in [-0.05, 0) is 39.7 Å². The van der Waals surface area contributed by atoms with Gasteiger partial charge in [0.15, 0.2) is 0 Å². The average Bonchev–Trinajstić information content (AvgIpc) is 2.93. The minimum absolute atomic E-state index is 0.00265. The van der Waals surface area contributed by atoms with Crippen molar-refractivity contribution in [3.05, 3.63) is 62.2 Å². The molecule has 0 saturated heterocycles. The summed E-state index contributed by atoms with van der Waals surface area (Å²) < 4.78 is 47.9. The van der Waals surface area contributed by atoms with E-state index < -0.39 is 24.4 Å². The monoisotopic (exact) mass is 584 g/mol. The van der Waals surface area contributed by atoms with E-state index in [1.165, 1.54) is 18.2 Å². The standard InChI is InChI=1S/C27H41N2O10P/c1-6-12-36-13-16-37-27(30)24-20(4)28-21(5)26(25(24)22-10-9-11-23(19-22)29(31)32)40(33,38-17-14-34-7-2)39-18-15-35-8-3/h9-11,19,25,28H,6-8,12-18H2,1-5H3. The molecule has 1 heterocycles. The van der Waals surface area contributed by atoms with Crippen molar-refractivity contribution in [3.63, 3.8) is 0 Å². The second-order valence-electron chi connectivity index (χ2n) is 8.77. The number of rotatable bonds is 19. The molecule has 0 amide bonds. The van der Waals surface area contributed by atoms with Crippen LogP contribution in [0, 0.1) is 10.1 Å². The highest BCUT2D eigenvalue weighted by molar-refractivity contribution is 7.58. The third-order valence-corrected chi connectivity index (χ3v) is 8.08. The lowest BCUT2D eigenvalue weighted by Gasteiger charge is -2.34. The first kappa shape index (κ1) is 33.6. The van der Waals surface area contributed by atoms with Crippen molar-refractivity contribution in [2.45, 2.75) is 47.0 Å². The largest absolute Gasteiger partial charge is 0.460 e. The number of carbonyl (C=O) groups excluding carboxylic acids is 1. The van der Waals surface area contributed by atoms with E-state index in [9.17, 15) is 19.5 Å². The van der Waals surface area contributed by atoms with Gasteiger partial charge >= 0.3 is 13.6 Å². The smallest absolute Gasteiger partial charge is 0.360 e. The molecular formula is C27H41N2O10P.